The zero-order valence-corrected chi connectivity index (χ0v) is 17.6. The van der Waals surface area contributed by atoms with Gasteiger partial charge in [0.2, 0.25) is 10.0 Å². The zero-order chi connectivity index (χ0) is 19.4. The summed E-state index contributed by atoms with van der Waals surface area (Å²) in [7, 11) is -3.65. The molecule has 1 spiro atoms. The average Bonchev–Trinajstić information content (AvgIpc) is 3.27. The van der Waals surface area contributed by atoms with Crippen LogP contribution >= 0.6 is 11.3 Å². The molecule has 28 heavy (non-hydrogen) atoms. The lowest BCUT2D eigenvalue weighted by atomic mass is 10.0. The molecule has 1 aromatic carbocycles. The van der Waals surface area contributed by atoms with Crippen LogP contribution in [0.4, 0.5) is 0 Å². The van der Waals surface area contributed by atoms with Gasteiger partial charge in [0.25, 0.3) is 0 Å². The third-order valence-electron chi connectivity index (χ3n) is 5.87. The number of nitrogens with zero attached hydrogens (tertiary/aromatic N) is 3. The first-order valence-electron chi connectivity index (χ1n) is 9.85. The van der Waals surface area contributed by atoms with E-state index in [9.17, 15) is 8.42 Å². The fourth-order valence-electron chi connectivity index (χ4n) is 4.32. The van der Waals surface area contributed by atoms with Crippen LogP contribution in [0.25, 0.3) is 0 Å². The molecule has 3 heterocycles. The van der Waals surface area contributed by atoms with E-state index in [1.807, 2.05) is 18.4 Å². The molecule has 0 amide bonds. The number of thiazole rings is 1. The molecule has 1 atom stereocenters. The fourth-order valence-corrected chi connectivity index (χ4v) is 6.53. The number of rotatable bonds is 4. The van der Waals surface area contributed by atoms with Crippen molar-refractivity contribution in [2.45, 2.75) is 43.2 Å². The Labute approximate surface area is 170 Å². The summed E-state index contributed by atoms with van der Waals surface area (Å²) in [5.41, 5.74) is 0.299. The van der Waals surface area contributed by atoms with Crippen molar-refractivity contribution in [3.8, 4) is 5.75 Å². The second-order valence-corrected chi connectivity index (χ2v) is 11.3. The predicted molar refractivity (Wildman–Crippen MR) is 108 cm³/mol. The van der Waals surface area contributed by atoms with Crippen molar-refractivity contribution < 1.29 is 13.2 Å². The van der Waals surface area contributed by atoms with Gasteiger partial charge < -0.3 is 4.74 Å². The minimum Gasteiger partial charge on any atom is -0.483 e. The van der Waals surface area contributed by atoms with Gasteiger partial charge in [-0.2, -0.15) is 4.31 Å². The minimum absolute atomic E-state index is 0.263. The van der Waals surface area contributed by atoms with Gasteiger partial charge in [-0.25, -0.2) is 13.4 Å². The van der Waals surface area contributed by atoms with Gasteiger partial charge in [-0.15, -0.1) is 11.3 Å². The van der Waals surface area contributed by atoms with E-state index < -0.39 is 15.6 Å². The molecule has 0 radical (unpaired) electrons. The van der Waals surface area contributed by atoms with Crippen LogP contribution in [0.15, 0.2) is 34.5 Å². The number of benzene rings is 1. The highest BCUT2D eigenvalue weighted by Gasteiger charge is 2.48. The average molecular weight is 420 g/mol. The Morgan fingerprint density at radius 2 is 2.11 bits per heavy atom. The van der Waals surface area contributed by atoms with Crippen molar-refractivity contribution in [3.05, 3.63) is 40.3 Å². The molecule has 2 aliphatic heterocycles. The van der Waals surface area contributed by atoms with E-state index in [0.29, 0.717) is 12.3 Å². The van der Waals surface area contributed by atoms with E-state index in [1.54, 1.807) is 33.8 Å². The Morgan fingerprint density at radius 3 is 2.86 bits per heavy atom. The summed E-state index contributed by atoms with van der Waals surface area (Å²) in [6.45, 7) is 5.43. The Kier molecular flexibility index (Phi) is 4.50. The van der Waals surface area contributed by atoms with E-state index >= 15 is 0 Å². The Balaban J connectivity index is 1.50. The zero-order valence-electron chi connectivity index (χ0n) is 16.0. The number of ether oxygens (including phenoxy) is 1. The molecule has 150 valence electrons. The lowest BCUT2D eigenvalue weighted by Gasteiger charge is -2.32. The number of likely N-dealkylation sites (tertiary alicyclic amines) is 1. The van der Waals surface area contributed by atoms with Crippen molar-refractivity contribution in [1.82, 2.24) is 14.2 Å². The highest BCUT2D eigenvalue weighted by atomic mass is 32.2. The quantitative estimate of drug-likeness (QED) is 0.763. The molecule has 6 nitrogen and oxygen atoms in total. The maximum atomic E-state index is 13.5. The molecule has 2 aromatic rings. The van der Waals surface area contributed by atoms with Crippen LogP contribution < -0.4 is 4.74 Å². The highest BCUT2D eigenvalue weighted by molar-refractivity contribution is 7.89. The van der Waals surface area contributed by atoms with Crippen molar-refractivity contribution in [2.24, 2.45) is 5.92 Å². The third kappa shape index (κ3) is 3.47. The van der Waals surface area contributed by atoms with Crippen LogP contribution in [0.1, 0.15) is 30.0 Å². The van der Waals surface area contributed by atoms with Crippen molar-refractivity contribution >= 4 is 21.4 Å². The number of para-hydroxylation sites is 1. The van der Waals surface area contributed by atoms with Gasteiger partial charge in [0.1, 0.15) is 16.2 Å². The molecule has 3 aliphatic rings. The number of aromatic nitrogens is 1. The molecule has 1 saturated heterocycles. The Bertz CT molecular complexity index is 986. The number of fused-ring (bicyclic) bond motifs is 1. The Morgan fingerprint density at radius 1 is 1.29 bits per heavy atom. The maximum Gasteiger partial charge on any atom is 0.247 e. The van der Waals surface area contributed by atoms with Gasteiger partial charge in [-0.3, -0.25) is 4.90 Å². The van der Waals surface area contributed by atoms with E-state index in [4.69, 9.17) is 4.74 Å². The summed E-state index contributed by atoms with van der Waals surface area (Å²) >= 11 is 1.55. The lowest BCUT2D eigenvalue weighted by Crippen LogP contribution is -2.49. The normalized spacial score (nSPS) is 27.5. The van der Waals surface area contributed by atoms with Crippen LogP contribution in [-0.2, 0) is 16.6 Å². The lowest BCUT2D eigenvalue weighted by molar-refractivity contribution is 0.0572. The van der Waals surface area contributed by atoms with Gasteiger partial charge >= 0.3 is 0 Å². The molecular weight excluding hydrogens is 394 g/mol. The van der Waals surface area contributed by atoms with Gasteiger partial charge in [0.15, 0.2) is 0 Å². The van der Waals surface area contributed by atoms with Crippen LogP contribution in [0.5, 0.6) is 5.75 Å². The topological polar surface area (TPSA) is 62.7 Å². The standard InChI is InChI=1S/C20H25N3O3S2/c1-15-21-17(12-27-15)11-23-14-20(8-9-22(13-20)10-16-6-7-16)26-18-4-2-3-5-19(18)28(23,24)25/h2-5,12,16H,6-11,13-14H2,1H3/t20-/m1/s1. The van der Waals surface area contributed by atoms with E-state index in [2.05, 4.69) is 9.88 Å². The first kappa shape index (κ1) is 18.5. The third-order valence-corrected chi connectivity index (χ3v) is 8.53. The molecule has 0 bridgehead atoms. The summed E-state index contributed by atoms with van der Waals surface area (Å²) in [5.74, 6) is 1.29. The maximum absolute atomic E-state index is 13.5. The van der Waals surface area contributed by atoms with Crippen LogP contribution in [-0.4, -0.2) is 54.4 Å². The largest absolute Gasteiger partial charge is 0.483 e. The number of sulfonamides is 1. The number of hydrogen-bond donors (Lipinski definition) is 0. The summed E-state index contributed by atoms with van der Waals surface area (Å²) in [4.78, 5) is 7.21. The Hall–Kier alpha value is -1.48. The first-order valence-corrected chi connectivity index (χ1v) is 12.2. The molecule has 0 unspecified atom stereocenters. The van der Waals surface area contributed by atoms with Gasteiger partial charge in [-0.05, 0) is 37.8 Å². The molecule has 1 aliphatic carbocycles. The van der Waals surface area contributed by atoms with Crippen molar-refractivity contribution in [2.75, 3.05) is 26.2 Å². The molecule has 8 heteroatoms. The first-order chi connectivity index (χ1) is 13.4. The van der Waals surface area contributed by atoms with E-state index in [0.717, 1.165) is 42.7 Å². The number of aryl methyl sites for hydroxylation is 1. The second-order valence-electron chi connectivity index (χ2n) is 8.29. The summed E-state index contributed by atoms with van der Waals surface area (Å²) in [5, 5.41) is 2.90. The van der Waals surface area contributed by atoms with E-state index in [-0.39, 0.29) is 11.4 Å². The summed E-state index contributed by atoms with van der Waals surface area (Å²) in [6, 6.07) is 7.05. The van der Waals surface area contributed by atoms with Crippen LogP contribution in [0, 0.1) is 12.8 Å². The molecule has 0 N–H and O–H groups in total. The van der Waals surface area contributed by atoms with Gasteiger partial charge in [-0.1, -0.05) is 12.1 Å². The molecule has 2 fully saturated rings. The monoisotopic (exact) mass is 419 g/mol. The van der Waals surface area contributed by atoms with Crippen molar-refractivity contribution in [3.63, 3.8) is 0 Å². The number of hydrogen-bond acceptors (Lipinski definition) is 6. The highest BCUT2D eigenvalue weighted by Crippen LogP contribution is 2.40. The SMILES string of the molecule is Cc1nc(CN2C[C@]3(CCN(CC4CC4)C3)Oc3ccccc3S2(=O)=O)cs1. The molecule has 5 rings (SSSR count). The smallest absolute Gasteiger partial charge is 0.247 e. The van der Waals surface area contributed by atoms with Crippen LogP contribution in [0.2, 0.25) is 0 Å². The molecular formula is C20H25N3O3S2. The second kappa shape index (κ2) is 6.79. The van der Waals surface area contributed by atoms with Gasteiger partial charge in [0.05, 0.1) is 23.8 Å². The van der Waals surface area contributed by atoms with Crippen molar-refractivity contribution in [1.29, 1.82) is 0 Å². The van der Waals surface area contributed by atoms with Crippen LogP contribution in [0.3, 0.4) is 0 Å². The fraction of sp³-hybridized carbons (Fsp3) is 0.550. The summed E-state index contributed by atoms with van der Waals surface area (Å²) < 4.78 is 34.9. The predicted octanol–water partition coefficient (Wildman–Crippen LogP) is 2.89. The van der Waals surface area contributed by atoms with E-state index in [1.165, 1.54) is 12.8 Å². The summed E-state index contributed by atoms with van der Waals surface area (Å²) in [6.07, 6.45) is 3.48. The molecule has 1 saturated carbocycles. The minimum atomic E-state index is -3.65. The van der Waals surface area contributed by atoms with Gasteiger partial charge in [0, 0.05) is 31.4 Å². The molecule has 1 aromatic heterocycles.